The topological polar surface area (TPSA) is 50.7 Å². The number of aliphatic imine (C=N–C) groups is 1. The highest BCUT2D eigenvalue weighted by molar-refractivity contribution is 6.32. The van der Waals surface area contributed by atoms with Gasteiger partial charge in [-0.15, -0.1) is 0 Å². The van der Waals surface area contributed by atoms with Crippen molar-refractivity contribution in [2.75, 3.05) is 7.11 Å². The van der Waals surface area contributed by atoms with Crippen molar-refractivity contribution in [2.45, 2.75) is 6.42 Å². The first-order valence-electron chi connectivity index (χ1n) is 7.24. The van der Waals surface area contributed by atoms with Crippen LogP contribution < -0.4 is 10.1 Å². The van der Waals surface area contributed by atoms with E-state index in [1.807, 2.05) is 30.3 Å². The largest absolute Gasteiger partial charge is 0.495 e. The highest BCUT2D eigenvalue weighted by Gasteiger charge is 2.20. The fourth-order valence-corrected chi connectivity index (χ4v) is 2.72. The monoisotopic (exact) mass is 360 g/mol. The van der Waals surface area contributed by atoms with Crippen LogP contribution in [-0.4, -0.2) is 18.9 Å². The van der Waals surface area contributed by atoms with Gasteiger partial charge in [0.2, 0.25) is 0 Å². The molecule has 1 amide bonds. The summed E-state index contributed by atoms with van der Waals surface area (Å²) >= 11 is 12.0. The number of carbonyl (C=O) groups excluding carboxylic acids is 1. The maximum atomic E-state index is 12.1. The van der Waals surface area contributed by atoms with E-state index < -0.39 is 0 Å². The van der Waals surface area contributed by atoms with Crippen LogP contribution in [0, 0.1) is 0 Å². The van der Waals surface area contributed by atoms with Crippen LogP contribution in [0.5, 0.6) is 5.75 Å². The molecule has 4 nitrogen and oxygen atoms in total. The Labute approximate surface area is 149 Å². The van der Waals surface area contributed by atoms with E-state index in [1.54, 1.807) is 25.3 Å². The average molecular weight is 361 g/mol. The van der Waals surface area contributed by atoms with E-state index in [0.717, 1.165) is 11.1 Å². The molecular weight excluding hydrogens is 347 g/mol. The van der Waals surface area contributed by atoms with Gasteiger partial charge in [-0.2, -0.15) is 0 Å². The molecule has 122 valence electrons. The van der Waals surface area contributed by atoms with Crippen LogP contribution in [0.1, 0.15) is 11.1 Å². The molecular formula is C18H14Cl2N2O2. The predicted octanol–water partition coefficient (Wildman–Crippen LogP) is 4.11. The maximum absolute atomic E-state index is 12.1. The van der Waals surface area contributed by atoms with Crippen molar-refractivity contribution in [1.82, 2.24) is 5.32 Å². The van der Waals surface area contributed by atoms with E-state index in [4.69, 9.17) is 27.9 Å². The molecule has 3 rings (SSSR count). The lowest BCUT2D eigenvalue weighted by Gasteiger charge is -2.03. The second kappa shape index (κ2) is 7.07. The number of rotatable bonds is 4. The van der Waals surface area contributed by atoms with Gasteiger partial charge in [0, 0.05) is 11.4 Å². The lowest BCUT2D eigenvalue weighted by atomic mass is 10.1. The zero-order valence-electron chi connectivity index (χ0n) is 12.8. The second-order valence-corrected chi connectivity index (χ2v) is 6.08. The SMILES string of the molecule is COc1ccc(/C=C2/N=C(Cc3ccc(Cl)cc3)NC2=O)cc1Cl. The van der Waals surface area contributed by atoms with Crippen molar-refractivity contribution in [1.29, 1.82) is 0 Å². The zero-order valence-corrected chi connectivity index (χ0v) is 14.4. The molecule has 0 saturated heterocycles. The number of nitrogens with zero attached hydrogens (tertiary/aromatic N) is 1. The van der Waals surface area contributed by atoms with Gasteiger partial charge < -0.3 is 10.1 Å². The van der Waals surface area contributed by atoms with Gasteiger partial charge in [0.1, 0.15) is 17.3 Å². The molecule has 0 radical (unpaired) electrons. The van der Waals surface area contributed by atoms with Crippen molar-refractivity contribution in [3.05, 3.63) is 69.3 Å². The molecule has 24 heavy (non-hydrogen) atoms. The highest BCUT2D eigenvalue weighted by Crippen LogP contribution is 2.26. The number of halogens is 2. The Kier molecular flexibility index (Phi) is 4.88. The molecule has 1 aliphatic rings. The van der Waals surface area contributed by atoms with Crippen LogP contribution in [0.4, 0.5) is 0 Å². The summed E-state index contributed by atoms with van der Waals surface area (Å²) in [5.41, 5.74) is 2.15. The number of amides is 1. The first-order chi connectivity index (χ1) is 11.5. The number of benzene rings is 2. The summed E-state index contributed by atoms with van der Waals surface area (Å²) in [4.78, 5) is 16.4. The van der Waals surface area contributed by atoms with Crippen LogP contribution in [0.25, 0.3) is 6.08 Å². The molecule has 0 aromatic heterocycles. The summed E-state index contributed by atoms with van der Waals surface area (Å²) in [6.07, 6.45) is 2.22. The minimum atomic E-state index is -0.231. The predicted molar refractivity (Wildman–Crippen MR) is 96.7 cm³/mol. The van der Waals surface area contributed by atoms with Crippen LogP contribution >= 0.6 is 23.2 Å². The Balaban J connectivity index is 1.80. The maximum Gasteiger partial charge on any atom is 0.275 e. The van der Waals surface area contributed by atoms with Crippen LogP contribution in [0.3, 0.4) is 0 Å². The lowest BCUT2D eigenvalue weighted by Crippen LogP contribution is -2.25. The van der Waals surface area contributed by atoms with E-state index in [-0.39, 0.29) is 5.91 Å². The van der Waals surface area contributed by atoms with Gasteiger partial charge in [-0.3, -0.25) is 4.79 Å². The van der Waals surface area contributed by atoms with Gasteiger partial charge in [0.05, 0.1) is 12.1 Å². The quantitative estimate of drug-likeness (QED) is 0.833. The lowest BCUT2D eigenvalue weighted by molar-refractivity contribution is -0.115. The highest BCUT2D eigenvalue weighted by atomic mass is 35.5. The molecule has 6 heteroatoms. The van der Waals surface area contributed by atoms with E-state index in [9.17, 15) is 4.79 Å². The standard InChI is InChI=1S/C18H14Cl2N2O2/c1-24-16-7-4-12(8-14(16)20)9-15-18(23)22-17(21-15)10-11-2-5-13(19)6-3-11/h2-9H,10H2,1H3,(H,21,22,23)/b15-9+. The third-order valence-electron chi connectivity index (χ3n) is 3.51. The van der Waals surface area contributed by atoms with Gasteiger partial charge in [-0.05, 0) is 41.5 Å². The molecule has 0 saturated carbocycles. The molecule has 0 aliphatic carbocycles. The Morgan fingerprint density at radius 1 is 1.17 bits per heavy atom. The Hall–Kier alpha value is -2.30. The minimum Gasteiger partial charge on any atom is -0.495 e. The number of hydrogen-bond donors (Lipinski definition) is 1. The van der Waals surface area contributed by atoms with E-state index >= 15 is 0 Å². The summed E-state index contributed by atoms with van der Waals surface area (Å²) in [5.74, 6) is 0.959. The summed E-state index contributed by atoms with van der Waals surface area (Å²) in [5, 5.41) is 3.93. The van der Waals surface area contributed by atoms with E-state index in [0.29, 0.717) is 33.7 Å². The number of nitrogens with one attached hydrogen (secondary N) is 1. The molecule has 1 aliphatic heterocycles. The summed E-state index contributed by atoms with van der Waals surface area (Å²) in [6, 6.07) is 12.7. The van der Waals surface area contributed by atoms with Crippen molar-refractivity contribution < 1.29 is 9.53 Å². The Bertz CT molecular complexity index is 843. The summed E-state index contributed by atoms with van der Waals surface area (Å²) in [7, 11) is 1.55. The fraction of sp³-hybridized carbons (Fsp3) is 0.111. The summed E-state index contributed by atoms with van der Waals surface area (Å²) < 4.78 is 5.11. The van der Waals surface area contributed by atoms with E-state index in [2.05, 4.69) is 10.3 Å². The van der Waals surface area contributed by atoms with Crippen LogP contribution in [0.15, 0.2) is 53.2 Å². The van der Waals surface area contributed by atoms with Gasteiger partial charge in [0.15, 0.2) is 0 Å². The number of hydrogen-bond acceptors (Lipinski definition) is 3. The third kappa shape index (κ3) is 3.78. The van der Waals surface area contributed by atoms with Crippen LogP contribution in [-0.2, 0) is 11.2 Å². The van der Waals surface area contributed by atoms with Gasteiger partial charge >= 0.3 is 0 Å². The molecule has 1 N–H and O–H groups in total. The Morgan fingerprint density at radius 2 is 1.92 bits per heavy atom. The molecule has 0 bridgehead atoms. The van der Waals surface area contributed by atoms with Crippen molar-refractivity contribution >= 4 is 41.0 Å². The second-order valence-electron chi connectivity index (χ2n) is 5.24. The average Bonchev–Trinajstić information content (AvgIpc) is 2.89. The number of amidine groups is 1. The molecule has 2 aromatic carbocycles. The van der Waals surface area contributed by atoms with Gasteiger partial charge in [-0.25, -0.2) is 4.99 Å². The Morgan fingerprint density at radius 3 is 2.58 bits per heavy atom. The molecule has 0 atom stereocenters. The smallest absolute Gasteiger partial charge is 0.275 e. The van der Waals surface area contributed by atoms with Gasteiger partial charge in [0.25, 0.3) is 5.91 Å². The number of ether oxygens (including phenoxy) is 1. The van der Waals surface area contributed by atoms with Gasteiger partial charge in [-0.1, -0.05) is 41.4 Å². The molecule has 2 aromatic rings. The van der Waals surface area contributed by atoms with E-state index in [1.165, 1.54) is 0 Å². The molecule has 0 fully saturated rings. The first-order valence-corrected chi connectivity index (χ1v) is 7.99. The van der Waals surface area contributed by atoms with Crippen LogP contribution in [0.2, 0.25) is 10.0 Å². The van der Waals surface area contributed by atoms with Crippen molar-refractivity contribution in [3.63, 3.8) is 0 Å². The zero-order chi connectivity index (χ0) is 17.1. The number of methoxy groups -OCH3 is 1. The fourth-order valence-electron chi connectivity index (χ4n) is 2.33. The number of carbonyl (C=O) groups is 1. The molecule has 0 spiro atoms. The minimum absolute atomic E-state index is 0.231. The first kappa shape index (κ1) is 16.6. The third-order valence-corrected chi connectivity index (χ3v) is 4.06. The summed E-state index contributed by atoms with van der Waals surface area (Å²) in [6.45, 7) is 0. The van der Waals surface area contributed by atoms with Crippen molar-refractivity contribution in [2.24, 2.45) is 4.99 Å². The van der Waals surface area contributed by atoms with Crippen molar-refractivity contribution in [3.8, 4) is 5.75 Å². The molecule has 0 unspecified atom stereocenters. The molecule has 1 heterocycles. The normalized spacial score (nSPS) is 15.4.